The van der Waals surface area contributed by atoms with E-state index in [0.717, 1.165) is 5.56 Å². The molecular weight excluding hydrogens is 270 g/mol. The molecule has 0 spiro atoms. The van der Waals surface area contributed by atoms with E-state index in [2.05, 4.69) is 4.98 Å². The van der Waals surface area contributed by atoms with E-state index >= 15 is 0 Å². The molecule has 5 nitrogen and oxygen atoms in total. The van der Waals surface area contributed by atoms with E-state index in [4.69, 9.17) is 14.2 Å². The summed E-state index contributed by atoms with van der Waals surface area (Å²) in [5, 5.41) is 0. The molecule has 0 amide bonds. The van der Waals surface area contributed by atoms with Crippen LogP contribution in [-0.4, -0.2) is 31.1 Å². The van der Waals surface area contributed by atoms with Crippen molar-refractivity contribution in [3.8, 4) is 11.6 Å². The lowest BCUT2D eigenvalue weighted by molar-refractivity contribution is 0.0953. The second-order valence-electron chi connectivity index (χ2n) is 4.68. The molecule has 108 valence electrons. The van der Waals surface area contributed by atoms with Gasteiger partial charge in [0.25, 0.3) is 0 Å². The van der Waals surface area contributed by atoms with Gasteiger partial charge < -0.3 is 14.2 Å². The number of benzene rings is 1. The first-order valence-electron chi connectivity index (χ1n) is 6.57. The number of carbonyl (C=O) groups is 1. The quantitative estimate of drug-likeness (QED) is 0.623. The Morgan fingerprint density at radius 2 is 1.95 bits per heavy atom. The van der Waals surface area contributed by atoms with Gasteiger partial charge in [0.05, 0.1) is 14.2 Å². The largest absolute Gasteiger partial charge is 0.496 e. The molecular formula is C16H15NO4. The Kier molecular flexibility index (Phi) is 3.58. The number of carbonyl (C=O) groups excluding carboxylic acids is 1. The highest BCUT2D eigenvalue weighted by Gasteiger charge is 2.47. The van der Waals surface area contributed by atoms with Gasteiger partial charge in [-0.05, 0) is 0 Å². The smallest absolute Gasteiger partial charge is 0.216 e. The molecule has 0 N–H and O–H groups in total. The van der Waals surface area contributed by atoms with Gasteiger partial charge >= 0.3 is 0 Å². The van der Waals surface area contributed by atoms with E-state index in [9.17, 15) is 4.79 Å². The fourth-order valence-electron chi connectivity index (χ4n) is 2.25. The molecule has 1 fully saturated rings. The Bertz CT molecular complexity index is 657. The molecule has 1 aromatic heterocycles. The fraction of sp³-hybridized carbons (Fsp3) is 0.250. The van der Waals surface area contributed by atoms with Crippen LogP contribution in [0.25, 0.3) is 0 Å². The van der Waals surface area contributed by atoms with Crippen molar-refractivity contribution in [1.29, 1.82) is 0 Å². The number of aromatic nitrogens is 1. The van der Waals surface area contributed by atoms with Crippen LogP contribution in [0.4, 0.5) is 0 Å². The molecule has 2 unspecified atom stereocenters. The summed E-state index contributed by atoms with van der Waals surface area (Å²) in [5.41, 5.74) is 1.40. The normalized spacial score (nSPS) is 19.9. The third-order valence-electron chi connectivity index (χ3n) is 3.41. The number of epoxide rings is 1. The van der Waals surface area contributed by atoms with Gasteiger partial charge in [-0.25, -0.2) is 4.98 Å². The molecule has 0 bridgehead atoms. The molecule has 1 saturated heterocycles. The second kappa shape index (κ2) is 5.54. The minimum Gasteiger partial charge on any atom is -0.496 e. The minimum atomic E-state index is -0.475. The summed E-state index contributed by atoms with van der Waals surface area (Å²) in [7, 11) is 3.10. The first kappa shape index (κ1) is 13.6. The van der Waals surface area contributed by atoms with Crippen molar-refractivity contribution in [1.82, 2.24) is 4.98 Å². The van der Waals surface area contributed by atoms with E-state index in [-0.39, 0.29) is 11.9 Å². The number of ether oxygens (including phenoxy) is 3. The summed E-state index contributed by atoms with van der Waals surface area (Å²) in [5.74, 6) is 1.04. The maximum absolute atomic E-state index is 12.3. The number of pyridine rings is 1. The van der Waals surface area contributed by atoms with Gasteiger partial charge in [0, 0.05) is 23.4 Å². The molecule has 1 aromatic carbocycles. The van der Waals surface area contributed by atoms with Crippen molar-refractivity contribution in [3.63, 3.8) is 0 Å². The average molecular weight is 285 g/mol. The van der Waals surface area contributed by atoms with Crippen molar-refractivity contribution >= 4 is 5.78 Å². The van der Waals surface area contributed by atoms with Crippen molar-refractivity contribution in [2.75, 3.05) is 14.2 Å². The number of rotatable bonds is 5. The lowest BCUT2D eigenvalue weighted by Gasteiger charge is -2.07. The Labute approximate surface area is 122 Å². The van der Waals surface area contributed by atoms with Gasteiger partial charge in [0.1, 0.15) is 11.9 Å². The summed E-state index contributed by atoms with van der Waals surface area (Å²) < 4.78 is 15.9. The summed E-state index contributed by atoms with van der Waals surface area (Å²) >= 11 is 0. The summed E-state index contributed by atoms with van der Waals surface area (Å²) in [6, 6.07) is 10.8. The molecule has 2 heterocycles. The van der Waals surface area contributed by atoms with Gasteiger partial charge in [-0.15, -0.1) is 0 Å². The molecule has 0 aliphatic carbocycles. The number of hydrogen-bond acceptors (Lipinski definition) is 5. The Morgan fingerprint density at radius 1 is 1.19 bits per heavy atom. The number of Topliss-reactive ketones (excluding diaryl/α,β-unsaturated/α-hetero) is 1. The number of methoxy groups -OCH3 is 2. The molecule has 0 saturated carbocycles. The number of nitrogens with zero attached hydrogens (tertiary/aromatic N) is 1. The lowest BCUT2D eigenvalue weighted by Crippen LogP contribution is -2.08. The van der Waals surface area contributed by atoms with Crippen LogP contribution in [0.15, 0.2) is 42.6 Å². The van der Waals surface area contributed by atoms with Gasteiger partial charge in [0.2, 0.25) is 5.88 Å². The molecule has 21 heavy (non-hydrogen) atoms. The molecule has 1 aliphatic rings. The van der Waals surface area contributed by atoms with Crippen LogP contribution in [0.3, 0.4) is 0 Å². The maximum Gasteiger partial charge on any atom is 0.216 e. The zero-order chi connectivity index (χ0) is 14.8. The van der Waals surface area contributed by atoms with Gasteiger partial charge in [-0.2, -0.15) is 0 Å². The highest BCUT2D eigenvalue weighted by Crippen LogP contribution is 2.44. The standard InChI is InChI=1S/C16H15NO4/c1-19-12-8-13(20-2)17-9-11(12)15-16(21-15)14(18)10-6-4-3-5-7-10/h3-9,15-16H,1-2H3. The van der Waals surface area contributed by atoms with Crippen LogP contribution in [0, 0.1) is 0 Å². The average Bonchev–Trinajstić information content (AvgIpc) is 3.34. The van der Waals surface area contributed by atoms with Gasteiger partial charge in [-0.1, -0.05) is 30.3 Å². The maximum atomic E-state index is 12.3. The van der Waals surface area contributed by atoms with Crippen molar-refractivity contribution in [2.24, 2.45) is 0 Å². The lowest BCUT2D eigenvalue weighted by atomic mass is 10.0. The topological polar surface area (TPSA) is 61.0 Å². The minimum absolute atomic E-state index is 0.0292. The van der Waals surface area contributed by atoms with E-state index < -0.39 is 6.10 Å². The molecule has 3 rings (SSSR count). The Hall–Kier alpha value is -2.40. The third kappa shape index (κ3) is 2.60. The van der Waals surface area contributed by atoms with E-state index in [1.807, 2.05) is 18.2 Å². The Morgan fingerprint density at radius 3 is 2.62 bits per heavy atom. The monoisotopic (exact) mass is 285 g/mol. The summed E-state index contributed by atoms with van der Waals surface area (Å²) in [6.07, 6.45) is 0.836. The van der Waals surface area contributed by atoms with Crippen LogP contribution in [0.1, 0.15) is 22.0 Å². The molecule has 2 aromatic rings. The summed E-state index contributed by atoms with van der Waals surface area (Å²) in [6.45, 7) is 0. The van der Waals surface area contributed by atoms with Crippen LogP contribution >= 0.6 is 0 Å². The van der Waals surface area contributed by atoms with Crippen LogP contribution in [-0.2, 0) is 4.74 Å². The predicted molar refractivity (Wildman–Crippen MR) is 75.7 cm³/mol. The zero-order valence-corrected chi connectivity index (χ0v) is 11.8. The first-order valence-corrected chi connectivity index (χ1v) is 6.57. The number of hydrogen-bond donors (Lipinski definition) is 0. The van der Waals surface area contributed by atoms with Crippen LogP contribution in [0.2, 0.25) is 0 Å². The highest BCUT2D eigenvalue weighted by atomic mass is 16.6. The molecule has 1 aliphatic heterocycles. The highest BCUT2D eigenvalue weighted by molar-refractivity contribution is 6.01. The number of ketones is 1. The van der Waals surface area contributed by atoms with Crippen molar-refractivity contribution in [2.45, 2.75) is 12.2 Å². The van der Waals surface area contributed by atoms with Gasteiger partial charge in [0.15, 0.2) is 11.9 Å². The predicted octanol–water partition coefficient (Wildman–Crippen LogP) is 2.42. The molecule has 5 heteroatoms. The van der Waals surface area contributed by atoms with E-state index in [1.54, 1.807) is 31.5 Å². The first-order chi connectivity index (χ1) is 10.2. The van der Waals surface area contributed by atoms with Crippen LogP contribution in [0.5, 0.6) is 11.6 Å². The van der Waals surface area contributed by atoms with Crippen molar-refractivity contribution < 1.29 is 19.0 Å². The third-order valence-corrected chi connectivity index (χ3v) is 3.41. The molecule has 0 radical (unpaired) electrons. The second-order valence-corrected chi connectivity index (χ2v) is 4.68. The zero-order valence-electron chi connectivity index (χ0n) is 11.8. The van der Waals surface area contributed by atoms with E-state index in [0.29, 0.717) is 17.2 Å². The van der Waals surface area contributed by atoms with Crippen LogP contribution < -0.4 is 9.47 Å². The fourth-order valence-corrected chi connectivity index (χ4v) is 2.25. The molecule has 2 atom stereocenters. The van der Waals surface area contributed by atoms with E-state index in [1.165, 1.54) is 7.11 Å². The summed E-state index contributed by atoms with van der Waals surface area (Å²) in [4.78, 5) is 16.4. The SMILES string of the molecule is COc1cc(OC)c(C2OC2C(=O)c2ccccc2)cn1. The van der Waals surface area contributed by atoms with Crippen molar-refractivity contribution in [3.05, 3.63) is 53.7 Å². The Balaban J connectivity index is 1.80. The van der Waals surface area contributed by atoms with Gasteiger partial charge in [-0.3, -0.25) is 4.79 Å².